The maximum absolute atomic E-state index is 12.4. The van der Waals surface area contributed by atoms with Gasteiger partial charge >= 0.3 is 5.97 Å². The smallest absolute Gasteiger partial charge is 0.307 e. The molecule has 6 nitrogen and oxygen atoms in total. The third-order valence-electron chi connectivity index (χ3n) is 4.35. The van der Waals surface area contributed by atoms with E-state index in [9.17, 15) is 19.5 Å². The van der Waals surface area contributed by atoms with Crippen LogP contribution in [0.25, 0.3) is 0 Å². The van der Waals surface area contributed by atoms with E-state index < -0.39 is 23.8 Å². The molecule has 0 heterocycles. The molecule has 0 aromatic carbocycles. The van der Waals surface area contributed by atoms with E-state index >= 15 is 0 Å². The average molecular weight is 294 g/mol. The van der Waals surface area contributed by atoms with Crippen molar-refractivity contribution in [3.63, 3.8) is 0 Å². The Balaban J connectivity index is 1.98. The van der Waals surface area contributed by atoms with Crippen LogP contribution < -0.4 is 10.6 Å². The summed E-state index contributed by atoms with van der Waals surface area (Å²) in [6.45, 7) is 4.12. The van der Waals surface area contributed by atoms with E-state index in [1.54, 1.807) is 6.92 Å². The summed E-state index contributed by atoms with van der Waals surface area (Å²) in [5, 5.41) is 14.7. The normalized spacial score (nSPS) is 31.0. The van der Waals surface area contributed by atoms with Gasteiger partial charge in [-0.3, -0.25) is 14.4 Å². The van der Waals surface area contributed by atoms with E-state index in [2.05, 4.69) is 10.6 Å². The summed E-state index contributed by atoms with van der Waals surface area (Å²) in [5.41, 5.74) is 0. The summed E-state index contributed by atoms with van der Waals surface area (Å²) in [6, 6.07) is -0.651. The number of carboxylic acid groups (broad SMARTS) is 1. The van der Waals surface area contributed by atoms with Gasteiger partial charge < -0.3 is 15.7 Å². The van der Waals surface area contributed by atoms with Crippen LogP contribution >= 0.6 is 0 Å². The Hall–Kier alpha value is -1.85. The van der Waals surface area contributed by atoms with Crippen molar-refractivity contribution in [3.05, 3.63) is 12.2 Å². The third kappa shape index (κ3) is 3.09. The monoisotopic (exact) mass is 294 g/mol. The lowest BCUT2D eigenvalue weighted by molar-refractivity contribution is -0.148. The largest absolute Gasteiger partial charge is 0.481 e. The summed E-state index contributed by atoms with van der Waals surface area (Å²) in [4.78, 5) is 35.5. The van der Waals surface area contributed by atoms with Gasteiger partial charge in [-0.15, -0.1) is 0 Å². The number of carbonyl (C=O) groups is 3. The Morgan fingerprint density at radius 3 is 2.43 bits per heavy atom. The zero-order chi connectivity index (χ0) is 15.6. The minimum atomic E-state index is -0.935. The summed E-state index contributed by atoms with van der Waals surface area (Å²) in [6.07, 6.45) is 5.36. The molecule has 0 aliphatic heterocycles. The topological polar surface area (TPSA) is 95.5 Å². The van der Waals surface area contributed by atoms with E-state index in [1.165, 1.54) is 0 Å². The first-order chi connectivity index (χ1) is 9.95. The molecule has 116 valence electrons. The second-order valence-corrected chi connectivity index (χ2v) is 5.86. The second-order valence-electron chi connectivity index (χ2n) is 5.86. The van der Waals surface area contributed by atoms with Gasteiger partial charge in [-0.05, 0) is 31.6 Å². The fourth-order valence-electron chi connectivity index (χ4n) is 3.29. The number of aliphatic carboxylic acids is 1. The molecule has 0 saturated heterocycles. The second kappa shape index (κ2) is 6.28. The maximum Gasteiger partial charge on any atom is 0.307 e. The number of carboxylic acids is 1. The molecule has 1 saturated carbocycles. The van der Waals surface area contributed by atoms with Crippen LogP contribution in [0.15, 0.2) is 12.2 Å². The zero-order valence-corrected chi connectivity index (χ0v) is 12.3. The highest BCUT2D eigenvalue weighted by Crippen LogP contribution is 2.48. The molecule has 2 aliphatic carbocycles. The van der Waals surface area contributed by atoms with Gasteiger partial charge in [0.25, 0.3) is 0 Å². The van der Waals surface area contributed by atoms with Gasteiger partial charge in [0.2, 0.25) is 11.8 Å². The molecule has 6 heteroatoms. The minimum Gasteiger partial charge on any atom is -0.481 e. The molecule has 0 aromatic rings. The van der Waals surface area contributed by atoms with Gasteiger partial charge in [0.05, 0.1) is 11.8 Å². The molecule has 0 aromatic heterocycles. The molecule has 3 N–H and O–H groups in total. The van der Waals surface area contributed by atoms with E-state index in [-0.39, 0.29) is 23.7 Å². The molecular formula is C15H22N2O4. The molecule has 2 rings (SSSR count). The van der Waals surface area contributed by atoms with Crippen LogP contribution in [0.4, 0.5) is 0 Å². The van der Waals surface area contributed by atoms with Crippen LogP contribution in [0.5, 0.6) is 0 Å². The number of nitrogens with one attached hydrogen (secondary N) is 2. The molecule has 0 radical (unpaired) electrons. The van der Waals surface area contributed by atoms with E-state index in [0.717, 1.165) is 6.42 Å². The van der Waals surface area contributed by atoms with Crippen molar-refractivity contribution in [2.24, 2.45) is 23.7 Å². The Morgan fingerprint density at radius 1 is 1.24 bits per heavy atom. The third-order valence-corrected chi connectivity index (χ3v) is 4.35. The lowest BCUT2D eigenvalue weighted by Crippen LogP contribution is -2.49. The number of allylic oxidation sites excluding steroid dienone is 2. The van der Waals surface area contributed by atoms with E-state index in [1.807, 2.05) is 19.1 Å². The fourth-order valence-corrected chi connectivity index (χ4v) is 3.29. The first kappa shape index (κ1) is 15.5. The predicted molar refractivity (Wildman–Crippen MR) is 76.3 cm³/mol. The fraction of sp³-hybridized carbons (Fsp3) is 0.667. The maximum atomic E-state index is 12.4. The van der Waals surface area contributed by atoms with Crippen LogP contribution in [0.1, 0.15) is 26.7 Å². The Morgan fingerprint density at radius 2 is 1.86 bits per heavy atom. The number of amides is 2. The average Bonchev–Trinajstić information content (AvgIpc) is 3.04. The number of carbonyl (C=O) groups excluding carboxylic acids is 2. The lowest BCUT2D eigenvalue weighted by Gasteiger charge is -2.25. The summed E-state index contributed by atoms with van der Waals surface area (Å²) in [5.74, 6) is -2.84. The zero-order valence-electron chi connectivity index (χ0n) is 12.3. The standard InChI is InChI=1S/C15H22N2O4/c1-3-6-16-13(18)8(2)17-14(19)11-9-4-5-10(7-9)12(11)15(20)21/h4-5,8-12H,3,6-7H2,1-2H3,(H,16,18)(H,17,19)(H,20,21)/t8?,9?,10?,11-,12+/m0/s1. The van der Waals surface area contributed by atoms with Crippen molar-refractivity contribution in [2.45, 2.75) is 32.7 Å². The molecule has 2 aliphatic rings. The van der Waals surface area contributed by atoms with Crippen LogP contribution in [0.3, 0.4) is 0 Å². The van der Waals surface area contributed by atoms with Crippen LogP contribution in [-0.2, 0) is 14.4 Å². The molecule has 1 fully saturated rings. The van der Waals surface area contributed by atoms with Gasteiger partial charge in [-0.25, -0.2) is 0 Å². The lowest BCUT2D eigenvalue weighted by atomic mass is 9.82. The SMILES string of the molecule is CCCNC(=O)C(C)NC(=O)[C@H]1C2C=CC(C2)[C@H]1C(=O)O. The van der Waals surface area contributed by atoms with Crippen molar-refractivity contribution in [1.29, 1.82) is 0 Å². The quantitative estimate of drug-likeness (QED) is 0.623. The van der Waals surface area contributed by atoms with Gasteiger partial charge in [0.15, 0.2) is 0 Å². The van der Waals surface area contributed by atoms with Crippen molar-refractivity contribution in [3.8, 4) is 0 Å². The predicted octanol–water partition coefficient (Wildman–Crippen LogP) is 0.540. The minimum absolute atomic E-state index is 0.0259. The summed E-state index contributed by atoms with van der Waals surface area (Å²) >= 11 is 0. The number of rotatable bonds is 6. The molecule has 2 bridgehead atoms. The number of hydrogen-bond donors (Lipinski definition) is 3. The van der Waals surface area contributed by atoms with Crippen molar-refractivity contribution >= 4 is 17.8 Å². The summed E-state index contributed by atoms with van der Waals surface area (Å²) in [7, 11) is 0. The highest BCUT2D eigenvalue weighted by atomic mass is 16.4. The van der Waals surface area contributed by atoms with Crippen molar-refractivity contribution < 1.29 is 19.5 Å². The van der Waals surface area contributed by atoms with E-state index in [4.69, 9.17) is 0 Å². The van der Waals surface area contributed by atoms with Gasteiger partial charge in [-0.1, -0.05) is 19.1 Å². The molecule has 0 spiro atoms. The first-order valence-corrected chi connectivity index (χ1v) is 7.45. The summed E-state index contributed by atoms with van der Waals surface area (Å²) < 4.78 is 0. The van der Waals surface area contributed by atoms with Gasteiger partial charge in [0, 0.05) is 6.54 Å². The van der Waals surface area contributed by atoms with Crippen LogP contribution in [0, 0.1) is 23.7 Å². The molecule has 5 atom stereocenters. The number of hydrogen-bond acceptors (Lipinski definition) is 3. The number of fused-ring (bicyclic) bond motifs is 2. The highest BCUT2D eigenvalue weighted by molar-refractivity contribution is 5.91. The highest BCUT2D eigenvalue weighted by Gasteiger charge is 2.51. The van der Waals surface area contributed by atoms with Crippen molar-refractivity contribution in [1.82, 2.24) is 10.6 Å². The van der Waals surface area contributed by atoms with Gasteiger partial charge in [0.1, 0.15) is 6.04 Å². The Kier molecular flexibility index (Phi) is 4.65. The van der Waals surface area contributed by atoms with Crippen LogP contribution in [-0.4, -0.2) is 35.5 Å². The van der Waals surface area contributed by atoms with Crippen LogP contribution in [0.2, 0.25) is 0 Å². The van der Waals surface area contributed by atoms with Gasteiger partial charge in [-0.2, -0.15) is 0 Å². The molecular weight excluding hydrogens is 272 g/mol. The Bertz CT molecular complexity index is 474. The first-order valence-electron chi connectivity index (χ1n) is 7.45. The molecule has 21 heavy (non-hydrogen) atoms. The van der Waals surface area contributed by atoms with E-state index in [0.29, 0.717) is 13.0 Å². The molecule has 3 unspecified atom stereocenters. The Labute approximate surface area is 124 Å². The molecule has 2 amide bonds. The van der Waals surface area contributed by atoms with Crippen molar-refractivity contribution in [2.75, 3.05) is 6.54 Å².